The molecule has 3 rings (SSSR count). The number of likely N-dealkylation sites (tertiary alicyclic amines) is 1. The number of hydrogen-bond acceptors (Lipinski definition) is 5. The molecule has 1 aliphatic rings. The second-order valence-corrected chi connectivity index (χ2v) is 7.46. The van der Waals surface area contributed by atoms with E-state index in [1.54, 1.807) is 29.2 Å². The summed E-state index contributed by atoms with van der Waals surface area (Å²) in [6, 6.07) is 8.94. The molecule has 0 bridgehead atoms. The van der Waals surface area contributed by atoms with E-state index in [-0.39, 0.29) is 23.4 Å². The molecule has 1 aliphatic heterocycles. The number of anilines is 1. The van der Waals surface area contributed by atoms with Gasteiger partial charge < -0.3 is 29.7 Å². The van der Waals surface area contributed by atoms with Gasteiger partial charge in [-0.1, -0.05) is 12.1 Å². The van der Waals surface area contributed by atoms with Gasteiger partial charge in [0.15, 0.2) is 11.5 Å². The van der Waals surface area contributed by atoms with Crippen LogP contribution in [0.2, 0.25) is 0 Å². The highest BCUT2D eigenvalue weighted by Crippen LogP contribution is 2.39. The number of carbonyl (C=O) groups excluding carboxylic acids is 2. The van der Waals surface area contributed by atoms with Crippen molar-refractivity contribution in [2.75, 3.05) is 46.3 Å². The maximum Gasteiger partial charge on any atom is 0.319 e. The average molecular weight is 445 g/mol. The van der Waals surface area contributed by atoms with Crippen molar-refractivity contribution in [3.8, 4) is 17.2 Å². The van der Waals surface area contributed by atoms with E-state index in [1.165, 1.54) is 33.5 Å². The molecule has 2 N–H and O–H groups in total. The molecular formula is C23H28FN3O5. The zero-order valence-corrected chi connectivity index (χ0v) is 18.4. The number of piperidine rings is 1. The fraction of sp³-hybridized carbons (Fsp3) is 0.391. The highest BCUT2D eigenvalue weighted by atomic mass is 19.1. The van der Waals surface area contributed by atoms with Crippen LogP contribution in [0.3, 0.4) is 0 Å². The van der Waals surface area contributed by atoms with Crippen LogP contribution in [0.4, 0.5) is 14.9 Å². The summed E-state index contributed by atoms with van der Waals surface area (Å²) >= 11 is 0. The molecule has 1 fully saturated rings. The highest BCUT2D eigenvalue weighted by Gasteiger charge is 2.25. The number of rotatable bonds is 7. The maximum absolute atomic E-state index is 13.9. The van der Waals surface area contributed by atoms with E-state index in [9.17, 15) is 14.0 Å². The van der Waals surface area contributed by atoms with Gasteiger partial charge in [-0.3, -0.25) is 4.79 Å². The minimum Gasteiger partial charge on any atom is -0.493 e. The number of nitrogens with zero attached hydrogens (tertiary/aromatic N) is 1. The minimum atomic E-state index is -0.509. The number of hydrogen-bond donors (Lipinski definition) is 2. The van der Waals surface area contributed by atoms with Crippen LogP contribution in [0.1, 0.15) is 23.2 Å². The summed E-state index contributed by atoms with van der Waals surface area (Å²) in [4.78, 5) is 26.5. The molecule has 8 nitrogen and oxygen atoms in total. The first-order valence-corrected chi connectivity index (χ1v) is 10.4. The van der Waals surface area contributed by atoms with E-state index in [1.807, 2.05) is 0 Å². The summed E-state index contributed by atoms with van der Waals surface area (Å²) in [5.41, 5.74) is 0.594. The van der Waals surface area contributed by atoms with Crippen molar-refractivity contribution in [2.24, 2.45) is 5.92 Å². The van der Waals surface area contributed by atoms with Crippen LogP contribution in [0.25, 0.3) is 0 Å². The Balaban J connectivity index is 1.49. The first-order valence-electron chi connectivity index (χ1n) is 10.4. The van der Waals surface area contributed by atoms with Crippen LogP contribution < -0.4 is 24.8 Å². The molecule has 0 spiro atoms. The molecule has 3 amide bonds. The number of benzene rings is 2. The van der Waals surface area contributed by atoms with Crippen molar-refractivity contribution in [3.63, 3.8) is 0 Å². The summed E-state index contributed by atoms with van der Waals surface area (Å²) in [6.07, 6.45) is 1.45. The monoisotopic (exact) mass is 445 g/mol. The molecular weight excluding hydrogens is 417 g/mol. The first-order chi connectivity index (χ1) is 15.5. The Morgan fingerprint density at radius 2 is 1.66 bits per heavy atom. The van der Waals surface area contributed by atoms with Crippen LogP contribution in [0.15, 0.2) is 36.4 Å². The highest BCUT2D eigenvalue weighted by molar-refractivity contribution is 5.94. The molecule has 0 unspecified atom stereocenters. The molecule has 0 aromatic heterocycles. The average Bonchev–Trinajstić information content (AvgIpc) is 2.82. The van der Waals surface area contributed by atoms with E-state index in [2.05, 4.69) is 10.6 Å². The normalized spacial score (nSPS) is 13.9. The Morgan fingerprint density at radius 1 is 1.03 bits per heavy atom. The molecule has 2 aromatic rings. The standard InChI is InChI=1S/C23H28FN3O5/c1-30-19-12-16(13-20(31-2)21(19)32-3)26-23(29)25-14-15-8-10-27(11-9-15)22(28)17-6-4-5-7-18(17)24/h4-7,12-13,15H,8-11,14H2,1-3H3,(H2,25,26,29). The maximum atomic E-state index is 13.9. The number of halogens is 1. The van der Waals surface area contributed by atoms with Gasteiger partial charge in [0.25, 0.3) is 5.91 Å². The van der Waals surface area contributed by atoms with Gasteiger partial charge in [0.1, 0.15) is 5.82 Å². The Labute approximate surface area is 186 Å². The van der Waals surface area contributed by atoms with Crippen molar-refractivity contribution in [3.05, 3.63) is 47.8 Å². The van der Waals surface area contributed by atoms with Crippen molar-refractivity contribution >= 4 is 17.6 Å². The van der Waals surface area contributed by atoms with Crippen molar-refractivity contribution in [1.29, 1.82) is 0 Å². The van der Waals surface area contributed by atoms with Gasteiger partial charge in [-0.2, -0.15) is 0 Å². The number of urea groups is 1. The predicted octanol–water partition coefficient (Wildman–Crippen LogP) is 3.53. The smallest absolute Gasteiger partial charge is 0.319 e. The van der Waals surface area contributed by atoms with Gasteiger partial charge in [-0.05, 0) is 30.9 Å². The third-order valence-electron chi connectivity index (χ3n) is 5.48. The van der Waals surface area contributed by atoms with Gasteiger partial charge in [-0.25, -0.2) is 9.18 Å². The summed E-state index contributed by atoms with van der Waals surface area (Å²) in [7, 11) is 4.52. The minimum absolute atomic E-state index is 0.0915. The van der Waals surface area contributed by atoms with Crippen molar-refractivity contribution in [1.82, 2.24) is 10.2 Å². The number of amides is 3. The molecule has 2 aromatic carbocycles. The van der Waals surface area contributed by atoms with Crippen LogP contribution in [-0.2, 0) is 0 Å². The Bertz CT molecular complexity index is 935. The molecule has 32 heavy (non-hydrogen) atoms. The molecule has 0 aliphatic carbocycles. The summed E-state index contributed by atoms with van der Waals surface area (Å²) in [5, 5.41) is 5.63. The van der Waals surface area contributed by atoms with Gasteiger partial charge in [0.05, 0.1) is 32.6 Å². The van der Waals surface area contributed by atoms with E-state index in [0.717, 1.165) is 12.8 Å². The number of methoxy groups -OCH3 is 3. The van der Waals surface area contributed by atoms with Gasteiger partial charge in [0.2, 0.25) is 5.75 Å². The van der Waals surface area contributed by atoms with Crippen molar-refractivity contribution < 1.29 is 28.2 Å². The molecule has 0 atom stereocenters. The Morgan fingerprint density at radius 3 is 2.22 bits per heavy atom. The number of carbonyl (C=O) groups is 2. The fourth-order valence-electron chi connectivity index (χ4n) is 3.71. The van der Waals surface area contributed by atoms with Gasteiger partial charge >= 0.3 is 6.03 Å². The fourth-order valence-corrected chi connectivity index (χ4v) is 3.71. The largest absolute Gasteiger partial charge is 0.493 e. The van der Waals surface area contributed by atoms with Gasteiger partial charge in [0, 0.05) is 31.8 Å². The third-order valence-corrected chi connectivity index (χ3v) is 5.48. The first kappa shape index (κ1) is 23.2. The number of ether oxygens (including phenoxy) is 3. The molecule has 172 valence electrons. The van der Waals surface area contributed by atoms with Crippen LogP contribution in [-0.4, -0.2) is 57.8 Å². The summed E-state index contributed by atoms with van der Waals surface area (Å²) in [5.74, 6) is 0.741. The van der Waals surface area contributed by atoms with E-state index in [4.69, 9.17) is 14.2 Å². The van der Waals surface area contributed by atoms with E-state index >= 15 is 0 Å². The Hall–Kier alpha value is -3.49. The van der Waals surface area contributed by atoms with E-state index < -0.39 is 5.82 Å². The SMILES string of the molecule is COc1cc(NC(=O)NCC2CCN(C(=O)c3ccccc3F)CC2)cc(OC)c1OC. The zero-order valence-electron chi connectivity index (χ0n) is 18.4. The lowest BCUT2D eigenvalue weighted by atomic mass is 9.96. The topological polar surface area (TPSA) is 89.1 Å². The quantitative estimate of drug-likeness (QED) is 0.681. The van der Waals surface area contributed by atoms with Crippen LogP contribution >= 0.6 is 0 Å². The van der Waals surface area contributed by atoms with Crippen molar-refractivity contribution in [2.45, 2.75) is 12.8 Å². The zero-order chi connectivity index (χ0) is 23.1. The molecule has 9 heteroatoms. The van der Waals surface area contributed by atoms with Crippen LogP contribution in [0, 0.1) is 11.7 Å². The Kier molecular flexibility index (Phi) is 7.75. The summed E-state index contributed by atoms with van der Waals surface area (Å²) < 4.78 is 29.7. The lowest BCUT2D eigenvalue weighted by Crippen LogP contribution is -2.42. The second kappa shape index (κ2) is 10.7. The van der Waals surface area contributed by atoms with Crippen LogP contribution in [0.5, 0.6) is 17.2 Å². The van der Waals surface area contributed by atoms with E-state index in [0.29, 0.717) is 42.6 Å². The molecule has 1 heterocycles. The molecule has 0 radical (unpaired) electrons. The number of nitrogens with one attached hydrogen (secondary N) is 2. The molecule has 1 saturated heterocycles. The lowest BCUT2D eigenvalue weighted by Gasteiger charge is -2.32. The summed E-state index contributed by atoms with van der Waals surface area (Å²) in [6.45, 7) is 1.51. The third kappa shape index (κ3) is 5.40. The second-order valence-electron chi connectivity index (χ2n) is 7.46. The lowest BCUT2D eigenvalue weighted by molar-refractivity contribution is 0.0686. The molecule has 0 saturated carbocycles. The predicted molar refractivity (Wildman–Crippen MR) is 118 cm³/mol. The van der Waals surface area contributed by atoms with Gasteiger partial charge in [-0.15, -0.1) is 0 Å².